The number of hydrogen-bond acceptors (Lipinski definition) is 5. The predicted molar refractivity (Wildman–Crippen MR) is 103 cm³/mol. The van der Waals surface area contributed by atoms with Crippen LogP contribution < -0.4 is 5.73 Å². The molecule has 2 heterocycles. The van der Waals surface area contributed by atoms with Crippen LogP contribution >= 0.6 is 0 Å². The average molecular weight is 371 g/mol. The fourth-order valence-corrected chi connectivity index (χ4v) is 4.02. The maximum atomic E-state index is 6.27. The zero-order valence-electron chi connectivity index (χ0n) is 15.7. The van der Waals surface area contributed by atoms with E-state index in [1.54, 1.807) is 0 Å². The molecule has 27 heavy (non-hydrogen) atoms. The highest BCUT2D eigenvalue weighted by Crippen LogP contribution is 2.36. The molecular weight excluding hydrogens is 342 g/mol. The normalized spacial score (nSPS) is 32.5. The lowest BCUT2D eigenvalue weighted by molar-refractivity contribution is -0.0898. The van der Waals surface area contributed by atoms with Crippen LogP contribution in [0.4, 0.5) is 0 Å². The summed E-state index contributed by atoms with van der Waals surface area (Å²) in [6.07, 6.45) is 9.42. The van der Waals surface area contributed by atoms with Crippen LogP contribution in [0.2, 0.25) is 0 Å². The van der Waals surface area contributed by atoms with Gasteiger partial charge in [0.05, 0.1) is 32.0 Å². The van der Waals surface area contributed by atoms with Crippen molar-refractivity contribution in [2.75, 3.05) is 19.8 Å². The number of ether oxygens (including phenoxy) is 4. The molecule has 4 rings (SSSR count). The van der Waals surface area contributed by atoms with Crippen molar-refractivity contribution in [3.8, 4) is 0 Å². The summed E-state index contributed by atoms with van der Waals surface area (Å²) in [5.74, 6) is 0. The minimum Gasteiger partial charge on any atom is -0.374 e. The molecule has 2 fully saturated rings. The minimum atomic E-state index is -0.126. The second-order valence-electron chi connectivity index (χ2n) is 7.44. The van der Waals surface area contributed by atoms with Crippen LogP contribution in [-0.4, -0.2) is 50.3 Å². The molecule has 5 atom stereocenters. The molecule has 0 radical (unpaired) electrons. The zero-order chi connectivity index (χ0) is 18.5. The molecule has 146 valence electrons. The molecule has 0 saturated carbocycles. The number of hydrogen-bond donors (Lipinski definition) is 1. The molecule has 3 unspecified atom stereocenters. The topological polar surface area (TPSA) is 62.9 Å². The summed E-state index contributed by atoms with van der Waals surface area (Å²) in [7, 11) is 0. The Kier molecular flexibility index (Phi) is 6.37. The quantitative estimate of drug-likeness (QED) is 0.761. The van der Waals surface area contributed by atoms with E-state index < -0.39 is 0 Å². The largest absolute Gasteiger partial charge is 0.374 e. The molecular formula is C22H29NO4. The number of allylic oxidation sites excluding steroid dienone is 2. The van der Waals surface area contributed by atoms with Crippen molar-refractivity contribution in [3.63, 3.8) is 0 Å². The summed E-state index contributed by atoms with van der Waals surface area (Å²) in [5.41, 5.74) is 8.17. The van der Waals surface area contributed by atoms with E-state index in [9.17, 15) is 0 Å². The van der Waals surface area contributed by atoms with Crippen LogP contribution in [0, 0.1) is 0 Å². The van der Waals surface area contributed by atoms with E-state index in [4.69, 9.17) is 24.7 Å². The van der Waals surface area contributed by atoms with Gasteiger partial charge in [-0.1, -0.05) is 48.6 Å². The lowest BCUT2D eigenvalue weighted by Gasteiger charge is -2.24. The van der Waals surface area contributed by atoms with E-state index in [1.807, 2.05) is 18.2 Å². The van der Waals surface area contributed by atoms with E-state index >= 15 is 0 Å². The summed E-state index contributed by atoms with van der Waals surface area (Å²) in [5, 5.41) is 0. The number of benzene rings is 1. The van der Waals surface area contributed by atoms with Gasteiger partial charge in [-0.15, -0.1) is 0 Å². The van der Waals surface area contributed by atoms with Gasteiger partial charge in [0, 0.05) is 13.0 Å². The Bertz CT molecular complexity index is 660. The molecule has 2 aliphatic heterocycles. The highest BCUT2D eigenvalue weighted by molar-refractivity contribution is 5.22. The third-order valence-corrected chi connectivity index (χ3v) is 5.42. The fraction of sp³-hybridized carbons (Fsp3) is 0.545. The molecule has 1 aromatic rings. The SMILES string of the molecule is NC[C@@H]1CC2O[C@H](COCc3ccccc3)C(OCC3=CCCC=C3)C2O1. The van der Waals surface area contributed by atoms with Gasteiger partial charge in [0.25, 0.3) is 0 Å². The molecule has 0 aromatic heterocycles. The van der Waals surface area contributed by atoms with Gasteiger partial charge in [-0.25, -0.2) is 0 Å². The van der Waals surface area contributed by atoms with Crippen LogP contribution in [0.25, 0.3) is 0 Å². The first kappa shape index (κ1) is 18.8. The van der Waals surface area contributed by atoms with E-state index in [2.05, 4.69) is 30.4 Å². The van der Waals surface area contributed by atoms with E-state index in [1.165, 1.54) is 5.57 Å². The Morgan fingerprint density at radius 2 is 1.96 bits per heavy atom. The smallest absolute Gasteiger partial charge is 0.115 e. The van der Waals surface area contributed by atoms with Crippen molar-refractivity contribution in [2.45, 2.75) is 56.4 Å². The van der Waals surface area contributed by atoms with Gasteiger partial charge in [0.2, 0.25) is 0 Å². The molecule has 1 aliphatic carbocycles. The Labute approximate surface area is 161 Å². The molecule has 0 bridgehead atoms. The molecule has 1 aromatic carbocycles. The van der Waals surface area contributed by atoms with E-state index in [0.717, 1.165) is 24.8 Å². The maximum absolute atomic E-state index is 6.27. The average Bonchev–Trinajstić information content (AvgIpc) is 3.25. The second-order valence-corrected chi connectivity index (χ2v) is 7.44. The van der Waals surface area contributed by atoms with Crippen molar-refractivity contribution in [1.29, 1.82) is 0 Å². The number of nitrogens with two attached hydrogens (primary N) is 1. The summed E-state index contributed by atoms with van der Waals surface area (Å²) < 4.78 is 24.6. The molecule has 3 aliphatic rings. The molecule has 5 nitrogen and oxygen atoms in total. The monoisotopic (exact) mass is 371 g/mol. The second kappa shape index (κ2) is 9.13. The Balaban J connectivity index is 1.35. The number of rotatable bonds is 8. The van der Waals surface area contributed by atoms with Gasteiger partial charge in [-0.2, -0.15) is 0 Å². The molecule has 0 amide bonds. The number of fused-ring (bicyclic) bond motifs is 1. The first-order valence-electron chi connectivity index (χ1n) is 9.93. The van der Waals surface area contributed by atoms with Crippen LogP contribution in [0.15, 0.2) is 54.1 Å². The standard InChI is InChI=1S/C22H29NO4/c23-12-18-11-19-22(26-18)21(25-14-17-9-5-2-6-10-17)20(27-19)15-24-13-16-7-3-1-4-8-16/h1,3-5,7-10,18-22H,2,6,11-15,23H2/t18-,19?,20+,21?,22?/m0/s1. The minimum absolute atomic E-state index is 0.0461. The van der Waals surface area contributed by atoms with E-state index in [-0.39, 0.29) is 30.5 Å². The molecule has 2 N–H and O–H groups in total. The van der Waals surface area contributed by atoms with Gasteiger partial charge in [-0.05, 0) is 24.0 Å². The van der Waals surface area contributed by atoms with E-state index in [0.29, 0.717) is 26.4 Å². The van der Waals surface area contributed by atoms with Crippen LogP contribution in [0.3, 0.4) is 0 Å². The first-order valence-corrected chi connectivity index (χ1v) is 9.93. The van der Waals surface area contributed by atoms with Crippen molar-refractivity contribution < 1.29 is 18.9 Å². The summed E-state index contributed by atoms with van der Waals surface area (Å²) in [6, 6.07) is 10.2. The van der Waals surface area contributed by atoms with Gasteiger partial charge in [0.1, 0.15) is 18.3 Å². The predicted octanol–water partition coefficient (Wildman–Crippen LogP) is 2.75. The summed E-state index contributed by atoms with van der Waals surface area (Å²) in [4.78, 5) is 0. The lowest BCUT2D eigenvalue weighted by Crippen LogP contribution is -2.38. The highest BCUT2D eigenvalue weighted by atomic mass is 16.6. The molecule has 0 spiro atoms. The van der Waals surface area contributed by atoms with Gasteiger partial charge >= 0.3 is 0 Å². The van der Waals surface area contributed by atoms with Crippen molar-refractivity contribution in [2.24, 2.45) is 5.73 Å². The zero-order valence-corrected chi connectivity index (χ0v) is 15.7. The van der Waals surface area contributed by atoms with Crippen molar-refractivity contribution in [3.05, 3.63) is 59.7 Å². The van der Waals surface area contributed by atoms with Gasteiger partial charge in [0.15, 0.2) is 0 Å². The third-order valence-electron chi connectivity index (χ3n) is 5.42. The molecule has 2 saturated heterocycles. The maximum Gasteiger partial charge on any atom is 0.115 e. The fourth-order valence-electron chi connectivity index (χ4n) is 4.02. The van der Waals surface area contributed by atoms with Crippen LogP contribution in [0.5, 0.6) is 0 Å². The van der Waals surface area contributed by atoms with Crippen molar-refractivity contribution >= 4 is 0 Å². The first-order chi connectivity index (χ1) is 13.3. The summed E-state index contributed by atoms with van der Waals surface area (Å²) >= 11 is 0. The van der Waals surface area contributed by atoms with Gasteiger partial charge in [-0.3, -0.25) is 0 Å². The van der Waals surface area contributed by atoms with Crippen LogP contribution in [-0.2, 0) is 25.6 Å². The Hall–Kier alpha value is -1.50. The molecule has 5 heteroatoms. The lowest BCUT2D eigenvalue weighted by atomic mass is 10.1. The Morgan fingerprint density at radius 3 is 2.74 bits per heavy atom. The summed E-state index contributed by atoms with van der Waals surface area (Å²) in [6.45, 7) is 2.17. The van der Waals surface area contributed by atoms with Crippen molar-refractivity contribution in [1.82, 2.24) is 0 Å². The van der Waals surface area contributed by atoms with Crippen LogP contribution in [0.1, 0.15) is 24.8 Å². The highest BCUT2D eigenvalue weighted by Gasteiger charge is 2.51. The Morgan fingerprint density at radius 1 is 1.07 bits per heavy atom. The van der Waals surface area contributed by atoms with Gasteiger partial charge < -0.3 is 24.7 Å². The third kappa shape index (κ3) is 4.68.